The monoisotopic (exact) mass is 240 g/mol. The molecule has 0 atom stereocenters. The molecule has 0 aromatic heterocycles. The summed E-state index contributed by atoms with van der Waals surface area (Å²) < 4.78 is 0. The SMILES string of the molecule is CN(CCC(C)(C)C)c1c(N)cccc1Cl. The van der Waals surface area contributed by atoms with E-state index >= 15 is 0 Å². The number of rotatable bonds is 3. The van der Waals surface area contributed by atoms with Crippen molar-refractivity contribution in [1.82, 2.24) is 0 Å². The van der Waals surface area contributed by atoms with Crippen molar-refractivity contribution < 1.29 is 0 Å². The highest BCUT2D eigenvalue weighted by atomic mass is 35.5. The van der Waals surface area contributed by atoms with Crippen LogP contribution in [0.2, 0.25) is 5.02 Å². The van der Waals surface area contributed by atoms with Gasteiger partial charge in [-0.2, -0.15) is 0 Å². The molecule has 1 rings (SSSR count). The van der Waals surface area contributed by atoms with Crippen LogP contribution in [0.1, 0.15) is 27.2 Å². The zero-order valence-electron chi connectivity index (χ0n) is 10.5. The molecule has 0 aliphatic rings. The van der Waals surface area contributed by atoms with Crippen LogP contribution in [0, 0.1) is 5.41 Å². The maximum absolute atomic E-state index is 6.15. The lowest BCUT2D eigenvalue weighted by Gasteiger charge is -2.26. The van der Waals surface area contributed by atoms with Crippen molar-refractivity contribution in [3.8, 4) is 0 Å². The molecule has 0 heterocycles. The lowest BCUT2D eigenvalue weighted by Crippen LogP contribution is -2.24. The highest BCUT2D eigenvalue weighted by molar-refractivity contribution is 6.33. The maximum Gasteiger partial charge on any atom is 0.0786 e. The summed E-state index contributed by atoms with van der Waals surface area (Å²) in [6.07, 6.45) is 1.11. The first-order valence-corrected chi connectivity index (χ1v) is 5.94. The molecule has 1 aromatic carbocycles. The number of benzene rings is 1. The minimum Gasteiger partial charge on any atom is -0.397 e. The van der Waals surface area contributed by atoms with Gasteiger partial charge in [0, 0.05) is 13.6 Å². The first-order chi connectivity index (χ1) is 7.31. The summed E-state index contributed by atoms with van der Waals surface area (Å²) in [6.45, 7) is 7.65. The average Bonchev–Trinajstić information content (AvgIpc) is 2.13. The molecule has 1 aromatic rings. The Labute approximate surface area is 103 Å². The van der Waals surface area contributed by atoms with Crippen LogP contribution in [0.5, 0.6) is 0 Å². The van der Waals surface area contributed by atoms with E-state index in [1.54, 1.807) is 0 Å². The van der Waals surface area contributed by atoms with E-state index in [1.807, 2.05) is 25.2 Å². The Morgan fingerprint density at radius 3 is 2.44 bits per heavy atom. The third-order valence-electron chi connectivity index (χ3n) is 2.60. The summed E-state index contributed by atoms with van der Waals surface area (Å²) in [7, 11) is 2.03. The Hall–Kier alpha value is -0.890. The number of nitrogen functional groups attached to an aromatic ring is 1. The van der Waals surface area contributed by atoms with E-state index in [0.717, 1.165) is 29.4 Å². The summed E-state index contributed by atoms with van der Waals surface area (Å²) in [4.78, 5) is 2.13. The second-order valence-electron chi connectivity index (χ2n) is 5.41. The molecule has 0 aliphatic carbocycles. The number of anilines is 2. The molecule has 0 saturated heterocycles. The van der Waals surface area contributed by atoms with Gasteiger partial charge in [0.15, 0.2) is 0 Å². The van der Waals surface area contributed by atoms with E-state index < -0.39 is 0 Å². The van der Waals surface area contributed by atoms with Gasteiger partial charge in [0.25, 0.3) is 0 Å². The van der Waals surface area contributed by atoms with Gasteiger partial charge in [0.2, 0.25) is 0 Å². The average molecular weight is 241 g/mol. The lowest BCUT2D eigenvalue weighted by molar-refractivity contribution is 0.382. The number of hydrogen-bond donors (Lipinski definition) is 1. The van der Waals surface area contributed by atoms with Crippen LogP contribution < -0.4 is 10.6 Å². The van der Waals surface area contributed by atoms with Gasteiger partial charge >= 0.3 is 0 Å². The molecule has 0 saturated carbocycles. The van der Waals surface area contributed by atoms with Crippen LogP contribution in [-0.2, 0) is 0 Å². The van der Waals surface area contributed by atoms with E-state index in [2.05, 4.69) is 25.7 Å². The van der Waals surface area contributed by atoms with Crippen LogP contribution >= 0.6 is 11.6 Å². The third kappa shape index (κ3) is 3.60. The van der Waals surface area contributed by atoms with Gasteiger partial charge in [-0.25, -0.2) is 0 Å². The zero-order chi connectivity index (χ0) is 12.3. The zero-order valence-corrected chi connectivity index (χ0v) is 11.3. The van der Waals surface area contributed by atoms with Crippen LogP contribution in [0.25, 0.3) is 0 Å². The maximum atomic E-state index is 6.15. The van der Waals surface area contributed by atoms with E-state index in [-0.39, 0.29) is 0 Å². The first kappa shape index (κ1) is 13.2. The smallest absolute Gasteiger partial charge is 0.0786 e. The van der Waals surface area contributed by atoms with Crippen LogP contribution in [-0.4, -0.2) is 13.6 Å². The predicted molar refractivity (Wildman–Crippen MR) is 73.2 cm³/mol. The van der Waals surface area contributed by atoms with Gasteiger partial charge in [-0.1, -0.05) is 38.4 Å². The van der Waals surface area contributed by atoms with Crippen LogP contribution in [0.4, 0.5) is 11.4 Å². The molecule has 0 amide bonds. The summed E-state index contributed by atoms with van der Waals surface area (Å²) in [6, 6.07) is 5.63. The molecule has 3 heteroatoms. The molecule has 0 spiro atoms. The first-order valence-electron chi connectivity index (χ1n) is 5.56. The van der Waals surface area contributed by atoms with Gasteiger partial charge in [-0.15, -0.1) is 0 Å². The van der Waals surface area contributed by atoms with Crippen molar-refractivity contribution in [1.29, 1.82) is 0 Å². The van der Waals surface area contributed by atoms with E-state index in [1.165, 1.54) is 0 Å². The Morgan fingerprint density at radius 1 is 1.31 bits per heavy atom. The van der Waals surface area contributed by atoms with E-state index in [4.69, 9.17) is 17.3 Å². The lowest BCUT2D eigenvalue weighted by atomic mass is 9.92. The van der Waals surface area contributed by atoms with Gasteiger partial charge < -0.3 is 10.6 Å². The van der Waals surface area contributed by atoms with Crippen molar-refractivity contribution in [2.45, 2.75) is 27.2 Å². The number of para-hydroxylation sites is 1. The Bertz CT molecular complexity index is 335. The number of nitrogens with two attached hydrogens (primary N) is 1. The van der Waals surface area contributed by atoms with Crippen molar-refractivity contribution >= 4 is 23.0 Å². The highest BCUT2D eigenvalue weighted by Crippen LogP contribution is 2.32. The molecular formula is C13H21ClN2. The molecular weight excluding hydrogens is 220 g/mol. The molecule has 0 fully saturated rings. The van der Waals surface area contributed by atoms with Gasteiger partial charge in [0.1, 0.15) is 0 Å². The van der Waals surface area contributed by atoms with Crippen molar-refractivity contribution in [2.24, 2.45) is 5.41 Å². The van der Waals surface area contributed by atoms with Crippen molar-refractivity contribution in [3.05, 3.63) is 23.2 Å². The molecule has 0 bridgehead atoms. The van der Waals surface area contributed by atoms with Gasteiger partial charge in [-0.05, 0) is 24.0 Å². The number of nitrogens with zero attached hydrogens (tertiary/aromatic N) is 1. The summed E-state index contributed by atoms with van der Waals surface area (Å²) in [5.74, 6) is 0. The molecule has 0 radical (unpaired) electrons. The fraction of sp³-hybridized carbons (Fsp3) is 0.538. The molecule has 2 N–H and O–H groups in total. The fourth-order valence-corrected chi connectivity index (χ4v) is 1.88. The van der Waals surface area contributed by atoms with Crippen molar-refractivity contribution in [3.63, 3.8) is 0 Å². The Balaban J connectivity index is 2.77. The van der Waals surface area contributed by atoms with Gasteiger partial charge in [-0.3, -0.25) is 0 Å². The Kier molecular flexibility index (Phi) is 4.09. The minimum absolute atomic E-state index is 0.324. The fourth-order valence-electron chi connectivity index (χ4n) is 1.55. The second-order valence-corrected chi connectivity index (χ2v) is 5.82. The molecule has 90 valence electrons. The third-order valence-corrected chi connectivity index (χ3v) is 2.90. The van der Waals surface area contributed by atoms with E-state index in [9.17, 15) is 0 Å². The molecule has 0 unspecified atom stereocenters. The predicted octanol–water partition coefficient (Wildman–Crippen LogP) is 3.79. The Morgan fingerprint density at radius 2 is 1.94 bits per heavy atom. The quantitative estimate of drug-likeness (QED) is 0.815. The molecule has 0 aliphatic heterocycles. The summed E-state index contributed by atoms with van der Waals surface area (Å²) in [5.41, 5.74) is 7.94. The van der Waals surface area contributed by atoms with Crippen molar-refractivity contribution in [2.75, 3.05) is 24.2 Å². The topological polar surface area (TPSA) is 29.3 Å². The largest absolute Gasteiger partial charge is 0.397 e. The molecule has 2 nitrogen and oxygen atoms in total. The standard InChI is InChI=1S/C13H21ClN2/c1-13(2,3)8-9-16(4)12-10(14)6-5-7-11(12)15/h5-7H,8-9,15H2,1-4H3. The molecule has 16 heavy (non-hydrogen) atoms. The normalized spacial score (nSPS) is 11.6. The second kappa shape index (κ2) is 4.96. The number of halogens is 1. The van der Waals surface area contributed by atoms with Crippen LogP contribution in [0.3, 0.4) is 0 Å². The van der Waals surface area contributed by atoms with Gasteiger partial charge in [0.05, 0.1) is 16.4 Å². The van der Waals surface area contributed by atoms with E-state index in [0.29, 0.717) is 5.41 Å². The summed E-state index contributed by atoms with van der Waals surface area (Å²) in [5, 5.41) is 0.719. The number of hydrogen-bond acceptors (Lipinski definition) is 2. The summed E-state index contributed by atoms with van der Waals surface area (Å²) >= 11 is 6.15. The highest BCUT2D eigenvalue weighted by Gasteiger charge is 2.14. The minimum atomic E-state index is 0.324. The van der Waals surface area contributed by atoms with Crippen LogP contribution in [0.15, 0.2) is 18.2 Å².